The molecule has 0 aliphatic heterocycles. The van der Waals surface area contributed by atoms with Crippen LogP contribution in [0.25, 0.3) is 0 Å². The summed E-state index contributed by atoms with van der Waals surface area (Å²) >= 11 is 0. The molecule has 1 heterocycles. The molecule has 0 saturated heterocycles. The van der Waals surface area contributed by atoms with Crippen LogP contribution in [0, 0.1) is 5.92 Å². The summed E-state index contributed by atoms with van der Waals surface area (Å²) in [6.07, 6.45) is 0. The first-order chi connectivity index (χ1) is 8.99. The van der Waals surface area contributed by atoms with Crippen molar-refractivity contribution in [3.8, 4) is 0 Å². The van der Waals surface area contributed by atoms with Gasteiger partial charge < -0.3 is 20.8 Å². The summed E-state index contributed by atoms with van der Waals surface area (Å²) in [6, 6.07) is 4.40. The van der Waals surface area contributed by atoms with Gasteiger partial charge in [0, 0.05) is 25.1 Å². The summed E-state index contributed by atoms with van der Waals surface area (Å²) in [6.45, 7) is 4.33. The van der Waals surface area contributed by atoms with Gasteiger partial charge in [0.2, 0.25) is 5.56 Å². The summed E-state index contributed by atoms with van der Waals surface area (Å²) in [7, 11) is 0. The van der Waals surface area contributed by atoms with Crippen LogP contribution in [0.1, 0.15) is 24.3 Å². The number of H-pyrrole nitrogens is 1. The number of amides is 1. The Hall–Kier alpha value is -2.31. The van der Waals surface area contributed by atoms with E-state index < -0.39 is 0 Å². The number of carbonyl (C=O) groups excluding carboxylic acids is 1. The van der Waals surface area contributed by atoms with Crippen molar-refractivity contribution >= 4 is 11.7 Å². The molecule has 19 heavy (non-hydrogen) atoms. The number of oxime groups is 1. The van der Waals surface area contributed by atoms with Gasteiger partial charge in [0.15, 0.2) is 0 Å². The first kappa shape index (κ1) is 14.7. The van der Waals surface area contributed by atoms with Crippen molar-refractivity contribution in [3.63, 3.8) is 0 Å². The molecule has 0 aromatic carbocycles. The lowest BCUT2D eigenvalue weighted by molar-refractivity contribution is 0.0747. The van der Waals surface area contributed by atoms with Gasteiger partial charge in [0.1, 0.15) is 11.5 Å². The summed E-state index contributed by atoms with van der Waals surface area (Å²) in [5.74, 6) is -0.505. The molecule has 4 N–H and O–H groups in total. The topological polar surface area (TPSA) is 112 Å². The second-order valence-corrected chi connectivity index (χ2v) is 4.20. The molecule has 0 bridgehead atoms. The number of carbonyl (C=O) groups is 1. The molecular formula is C12H18N4O3. The fourth-order valence-electron chi connectivity index (χ4n) is 1.62. The van der Waals surface area contributed by atoms with Gasteiger partial charge >= 0.3 is 0 Å². The molecule has 0 saturated carbocycles. The number of amidine groups is 1. The van der Waals surface area contributed by atoms with Gasteiger partial charge in [-0.1, -0.05) is 18.1 Å². The Kier molecular flexibility index (Phi) is 5.11. The largest absolute Gasteiger partial charge is 0.409 e. The van der Waals surface area contributed by atoms with Gasteiger partial charge in [-0.15, -0.1) is 0 Å². The monoisotopic (exact) mass is 266 g/mol. The lowest BCUT2D eigenvalue weighted by Crippen LogP contribution is -2.39. The van der Waals surface area contributed by atoms with Crippen LogP contribution in [0.15, 0.2) is 28.1 Å². The van der Waals surface area contributed by atoms with Crippen molar-refractivity contribution in [1.82, 2.24) is 9.88 Å². The number of hydrogen-bond donors (Lipinski definition) is 3. The predicted molar refractivity (Wildman–Crippen MR) is 71.2 cm³/mol. The van der Waals surface area contributed by atoms with E-state index in [0.29, 0.717) is 13.1 Å². The smallest absolute Gasteiger partial charge is 0.270 e. The van der Waals surface area contributed by atoms with Crippen LogP contribution in [0.3, 0.4) is 0 Å². The maximum absolute atomic E-state index is 12.2. The molecule has 7 nitrogen and oxygen atoms in total. The molecule has 0 aliphatic carbocycles. The second kappa shape index (κ2) is 6.58. The zero-order valence-electron chi connectivity index (χ0n) is 11.0. The van der Waals surface area contributed by atoms with E-state index in [0.717, 1.165) is 0 Å². The fourth-order valence-corrected chi connectivity index (χ4v) is 1.62. The van der Waals surface area contributed by atoms with Crippen molar-refractivity contribution in [2.75, 3.05) is 13.1 Å². The molecule has 1 aromatic rings. The van der Waals surface area contributed by atoms with Crippen LogP contribution in [-0.4, -0.2) is 39.9 Å². The number of aromatic amines is 1. The Labute approximate surface area is 110 Å². The normalized spacial score (nSPS) is 13.1. The van der Waals surface area contributed by atoms with Crippen molar-refractivity contribution in [2.24, 2.45) is 16.8 Å². The van der Waals surface area contributed by atoms with E-state index in [1.807, 2.05) is 6.92 Å². The SMILES string of the molecule is CCN(CC(C)/C(N)=N/O)C(=O)c1cccc(=O)[nH]1. The van der Waals surface area contributed by atoms with E-state index in [1.54, 1.807) is 13.0 Å². The Morgan fingerprint density at radius 1 is 1.58 bits per heavy atom. The molecule has 1 amide bonds. The van der Waals surface area contributed by atoms with Crippen molar-refractivity contribution in [1.29, 1.82) is 0 Å². The number of nitrogens with two attached hydrogens (primary N) is 1. The zero-order valence-corrected chi connectivity index (χ0v) is 11.0. The van der Waals surface area contributed by atoms with E-state index in [9.17, 15) is 9.59 Å². The highest BCUT2D eigenvalue weighted by Gasteiger charge is 2.19. The molecular weight excluding hydrogens is 248 g/mol. The maximum Gasteiger partial charge on any atom is 0.270 e. The average molecular weight is 266 g/mol. The van der Waals surface area contributed by atoms with Gasteiger partial charge in [0.25, 0.3) is 5.91 Å². The van der Waals surface area contributed by atoms with Gasteiger partial charge in [0.05, 0.1) is 0 Å². The molecule has 104 valence electrons. The Balaban J connectivity index is 2.86. The minimum Gasteiger partial charge on any atom is -0.409 e. The van der Waals surface area contributed by atoms with Crippen LogP contribution in [0.2, 0.25) is 0 Å². The minimum absolute atomic E-state index is 0.0628. The quantitative estimate of drug-likeness (QED) is 0.306. The third-order valence-electron chi connectivity index (χ3n) is 2.78. The third-order valence-corrected chi connectivity index (χ3v) is 2.78. The maximum atomic E-state index is 12.2. The standard InChI is InChI=1S/C12H18N4O3/c1-3-16(7-8(2)11(13)15-19)12(18)9-5-4-6-10(17)14-9/h4-6,8,19H,3,7H2,1-2H3,(H2,13,15)(H,14,17). The molecule has 1 atom stereocenters. The van der Waals surface area contributed by atoms with Crippen LogP contribution in [-0.2, 0) is 0 Å². The summed E-state index contributed by atoms with van der Waals surface area (Å²) in [4.78, 5) is 27.4. The Bertz CT molecular complexity index is 524. The minimum atomic E-state index is -0.327. The molecule has 0 spiro atoms. The van der Waals surface area contributed by atoms with Gasteiger partial charge in [-0.25, -0.2) is 0 Å². The highest BCUT2D eigenvalue weighted by molar-refractivity contribution is 5.92. The third kappa shape index (κ3) is 3.84. The molecule has 0 aliphatic rings. The number of aromatic nitrogens is 1. The fraction of sp³-hybridized carbons (Fsp3) is 0.417. The molecule has 1 aromatic heterocycles. The van der Waals surface area contributed by atoms with Crippen LogP contribution < -0.4 is 11.3 Å². The Morgan fingerprint density at radius 3 is 2.79 bits per heavy atom. The number of hydrogen-bond acceptors (Lipinski definition) is 4. The first-order valence-corrected chi connectivity index (χ1v) is 5.95. The van der Waals surface area contributed by atoms with E-state index in [2.05, 4.69) is 10.1 Å². The first-order valence-electron chi connectivity index (χ1n) is 5.95. The summed E-state index contributed by atoms with van der Waals surface area (Å²) in [5, 5.41) is 11.5. The lowest BCUT2D eigenvalue weighted by atomic mass is 10.1. The van der Waals surface area contributed by atoms with E-state index in [1.165, 1.54) is 17.0 Å². The Morgan fingerprint density at radius 2 is 2.26 bits per heavy atom. The van der Waals surface area contributed by atoms with Gasteiger partial charge in [-0.2, -0.15) is 0 Å². The van der Waals surface area contributed by atoms with Gasteiger partial charge in [-0.05, 0) is 13.0 Å². The lowest BCUT2D eigenvalue weighted by Gasteiger charge is -2.23. The molecule has 0 fully saturated rings. The highest BCUT2D eigenvalue weighted by Crippen LogP contribution is 2.05. The molecule has 7 heteroatoms. The van der Waals surface area contributed by atoms with E-state index in [4.69, 9.17) is 10.9 Å². The van der Waals surface area contributed by atoms with E-state index >= 15 is 0 Å². The van der Waals surface area contributed by atoms with Gasteiger partial charge in [-0.3, -0.25) is 9.59 Å². The summed E-state index contributed by atoms with van der Waals surface area (Å²) < 4.78 is 0. The zero-order chi connectivity index (χ0) is 14.4. The molecule has 1 unspecified atom stereocenters. The van der Waals surface area contributed by atoms with Crippen LogP contribution in [0.4, 0.5) is 0 Å². The molecule has 0 radical (unpaired) electrons. The van der Waals surface area contributed by atoms with Crippen LogP contribution in [0.5, 0.6) is 0 Å². The second-order valence-electron chi connectivity index (χ2n) is 4.20. The predicted octanol–water partition coefficient (Wildman–Crippen LogP) is 0.219. The number of rotatable bonds is 5. The summed E-state index contributed by atoms with van der Waals surface area (Å²) in [5.41, 5.74) is 5.38. The van der Waals surface area contributed by atoms with Crippen molar-refractivity contribution in [2.45, 2.75) is 13.8 Å². The van der Waals surface area contributed by atoms with E-state index in [-0.39, 0.29) is 28.9 Å². The number of nitrogens with zero attached hydrogens (tertiary/aromatic N) is 2. The number of pyridine rings is 1. The van der Waals surface area contributed by atoms with Crippen molar-refractivity contribution in [3.05, 3.63) is 34.2 Å². The number of nitrogens with one attached hydrogen (secondary N) is 1. The highest BCUT2D eigenvalue weighted by atomic mass is 16.4. The molecule has 1 rings (SSSR count). The van der Waals surface area contributed by atoms with Crippen molar-refractivity contribution < 1.29 is 10.0 Å². The van der Waals surface area contributed by atoms with Crippen LogP contribution >= 0.6 is 0 Å². The average Bonchev–Trinajstić information content (AvgIpc) is 2.42.